The topological polar surface area (TPSA) is 49.4 Å². The van der Waals surface area contributed by atoms with Crippen LogP contribution in [-0.2, 0) is 9.59 Å². The lowest BCUT2D eigenvalue weighted by Gasteiger charge is -2.35. The summed E-state index contributed by atoms with van der Waals surface area (Å²) in [5.41, 5.74) is 0.904. The maximum atomic E-state index is 13.8. The molecule has 0 spiro atoms. The highest BCUT2D eigenvalue weighted by Gasteiger charge is 2.41. The molecule has 4 nitrogen and oxygen atoms in total. The van der Waals surface area contributed by atoms with E-state index in [2.05, 4.69) is 5.32 Å². The Kier molecular flexibility index (Phi) is 5.04. The van der Waals surface area contributed by atoms with Crippen LogP contribution in [0.15, 0.2) is 48.5 Å². The number of hydrogen-bond donors (Lipinski definition) is 1. The van der Waals surface area contributed by atoms with Gasteiger partial charge in [-0.3, -0.25) is 9.59 Å². The molecule has 1 N–H and O–H groups in total. The Morgan fingerprint density at radius 2 is 2.00 bits per heavy atom. The summed E-state index contributed by atoms with van der Waals surface area (Å²) in [6, 6.07) is 13.1. The average Bonchev–Trinajstić information content (AvgIpc) is 2.59. The molecule has 1 fully saturated rings. The molecule has 25 heavy (non-hydrogen) atoms. The van der Waals surface area contributed by atoms with Gasteiger partial charge in [0, 0.05) is 24.5 Å². The molecule has 130 valence electrons. The molecule has 1 saturated heterocycles. The van der Waals surface area contributed by atoms with Gasteiger partial charge in [-0.2, -0.15) is 0 Å². The molecule has 2 amide bonds. The van der Waals surface area contributed by atoms with Crippen molar-refractivity contribution in [2.45, 2.75) is 12.3 Å². The van der Waals surface area contributed by atoms with Crippen molar-refractivity contribution in [1.82, 2.24) is 4.90 Å². The first kappa shape index (κ1) is 17.4. The third kappa shape index (κ3) is 3.66. The highest BCUT2D eigenvalue weighted by atomic mass is 35.5. The fraction of sp³-hybridized carbons (Fsp3) is 0.263. The zero-order chi connectivity index (χ0) is 18.0. The van der Waals surface area contributed by atoms with Crippen LogP contribution >= 0.6 is 11.6 Å². The number of carbonyl (C=O) groups is 2. The molecule has 0 unspecified atom stereocenters. The number of benzene rings is 2. The molecule has 3 rings (SSSR count). The second-order valence-corrected chi connectivity index (χ2v) is 6.59. The Morgan fingerprint density at radius 1 is 1.24 bits per heavy atom. The van der Waals surface area contributed by atoms with E-state index in [0.717, 1.165) is 5.56 Å². The van der Waals surface area contributed by atoms with E-state index in [-0.39, 0.29) is 17.5 Å². The van der Waals surface area contributed by atoms with Crippen LogP contribution in [0.25, 0.3) is 0 Å². The predicted molar refractivity (Wildman–Crippen MR) is 95.0 cm³/mol. The number of anilines is 1. The van der Waals surface area contributed by atoms with Crippen molar-refractivity contribution < 1.29 is 14.0 Å². The van der Waals surface area contributed by atoms with Crippen LogP contribution in [0, 0.1) is 11.7 Å². The molecule has 2 atom stereocenters. The van der Waals surface area contributed by atoms with Gasteiger partial charge in [0.05, 0.1) is 5.69 Å². The Balaban J connectivity index is 1.91. The summed E-state index contributed by atoms with van der Waals surface area (Å²) in [5, 5.41) is 3.10. The van der Waals surface area contributed by atoms with Crippen LogP contribution < -0.4 is 5.32 Å². The van der Waals surface area contributed by atoms with Gasteiger partial charge < -0.3 is 10.2 Å². The maximum Gasteiger partial charge on any atom is 0.237 e. The van der Waals surface area contributed by atoms with Crippen molar-refractivity contribution in [3.63, 3.8) is 0 Å². The molecule has 1 aliphatic heterocycles. The van der Waals surface area contributed by atoms with Gasteiger partial charge in [-0.05, 0) is 36.2 Å². The Morgan fingerprint density at radius 3 is 2.72 bits per heavy atom. The van der Waals surface area contributed by atoms with E-state index in [0.29, 0.717) is 18.0 Å². The van der Waals surface area contributed by atoms with Gasteiger partial charge in [-0.25, -0.2) is 4.39 Å². The normalized spacial score (nSPS) is 20.4. The zero-order valence-electron chi connectivity index (χ0n) is 13.7. The maximum absolute atomic E-state index is 13.8. The van der Waals surface area contributed by atoms with E-state index in [4.69, 9.17) is 11.6 Å². The van der Waals surface area contributed by atoms with Crippen LogP contribution in [0.3, 0.4) is 0 Å². The fourth-order valence-electron chi connectivity index (χ4n) is 3.18. The molecule has 0 radical (unpaired) electrons. The summed E-state index contributed by atoms with van der Waals surface area (Å²) in [5.74, 6) is -2.53. The molecule has 1 aliphatic rings. The molecule has 2 aromatic rings. The molecule has 6 heteroatoms. The van der Waals surface area contributed by atoms with E-state index in [1.54, 1.807) is 37.4 Å². The van der Waals surface area contributed by atoms with Gasteiger partial charge in [0.1, 0.15) is 11.7 Å². The van der Waals surface area contributed by atoms with Crippen LogP contribution in [-0.4, -0.2) is 30.3 Å². The number of halogens is 2. The van der Waals surface area contributed by atoms with E-state index >= 15 is 0 Å². The molecular weight excluding hydrogens is 343 g/mol. The van der Waals surface area contributed by atoms with Crippen molar-refractivity contribution in [3.8, 4) is 0 Å². The van der Waals surface area contributed by atoms with Crippen molar-refractivity contribution >= 4 is 29.1 Å². The molecule has 2 aromatic carbocycles. The lowest BCUT2D eigenvalue weighted by Crippen LogP contribution is -2.47. The Bertz CT molecular complexity index is 812. The predicted octanol–water partition coefficient (Wildman–Crippen LogP) is 3.68. The van der Waals surface area contributed by atoms with Crippen molar-refractivity contribution in [3.05, 3.63) is 64.9 Å². The van der Waals surface area contributed by atoms with Crippen LogP contribution in [0.1, 0.15) is 17.9 Å². The second kappa shape index (κ2) is 7.23. The summed E-state index contributed by atoms with van der Waals surface area (Å²) in [6.45, 7) is 0.555. The standard InChI is InChI=1S/C19H18ClFN2O2/c1-23-10-9-14(12-5-4-6-13(20)11-12)17(19(23)25)18(24)22-16-8-3-2-7-15(16)21/h2-8,11,14,17H,9-10H2,1H3,(H,22,24)/t14-,17+/m1/s1. The second-order valence-electron chi connectivity index (χ2n) is 6.16. The van der Waals surface area contributed by atoms with Gasteiger partial charge in [-0.15, -0.1) is 0 Å². The number of nitrogens with zero attached hydrogens (tertiary/aromatic N) is 1. The van der Waals surface area contributed by atoms with Crippen LogP contribution in [0.2, 0.25) is 5.02 Å². The summed E-state index contributed by atoms with van der Waals surface area (Å²) in [7, 11) is 1.67. The van der Waals surface area contributed by atoms with Crippen molar-refractivity contribution in [2.24, 2.45) is 5.92 Å². The minimum Gasteiger partial charge on any atom is -0.345 e. The van der Waals surface area contributed by atoms with Gasteiger partial charge in [0.15, 0.2) is 0 Å². The molecular formula is C19H18ClFN2O2. The van der Waals surface area contributed by atoms with E-state index in [9.17, 15) is 14.0 Å². The third-order valence-electron chi connectivity index (χ3n) is 4.51. The minimum atomic E-state index is -0.920. The fourth-order valence-corrected chi connectivity index (χ4v) is 3.38. The SMILES string of the molecule is CN1CC[C@H](c2cccc(Cl)c2)[C@@H](C(=O)Nc2ccccc2F)C1=O. The highest BCUT2D eigenvalue weighted by molar-refractivity contribution is 6.30. The van der Waals surface area contributed by atoms with Gasteiger partial charge in [0.2, 0.25) is 11.8 Å². The average molecular weight is 361 g/mol. The van der Waals surface area contributed by atoms with Crippen molar-refractivity contribution in [1.29, 1.82) is 0 Å². The van der Waals surface area contributed by atoms with Gasteiger partial charge in [0.25, 0.3) is 0 Å². The third-order valence-corrected chi connectivity index (χ3v) is 4.75. The smallest absolute Gasteiger partial charge is 0.237 e. The number of para-hydroxylation sites is 1. The molecule has 0 aromatic heterocycles. The van der Waals surface area contributed by atoms with E-state index < -0.39 is 17.6 Å². The Labute approximate surface area is 150 Å². The lowest BCUT2D eigenvalue weighted by atomic mass is 9.79. The molecule has 0 bridgehead atoms. The number of piperidine rings is 1. The largest absolute Gasteiger partial charge is 0.345 e. The number of carbonyl (C=O) groups excluding carboxylic acids is 2. The highest BCUT2D eigenvalue weighted by Crippen LogP contribution is 2.35. The van der Waals surface area contributed by atoms with Crippen LogP contribution in [0.5, 0.6) is 0 Å². The summed E-state index contributed by atoms with van der Waals surface area (Å²) in [4.78, 5) is 27.0. The first-order chi connectivity index (χ1) is 12.0. The zero-order valence-corrected chi connectivity index (χ0v) is 14.5. The van der Waals surface area contributed by atoms with Crippen molar-refractivity contribution in [2.75, 3.05) is 18.9 Å². The number of likely N-dealkylation sites (tertiary alicyclic amines) is 1. The summed E-state index contributed by atoms with van der Waals surface area (Å²) < 4.78 is 13.8. The van der Waals surface area contributed by atoms with Crippen LogP contribution in [0.4, 0.5) is 10.1 Å². The number of amides is 2. The number of nitrogens with one attached hydrogen (secondary N) is 1. The first-order valence-corrected chi connectivity index (χ1v) is 8.41. The molecule has 0 aliphatic carbocycles. The summed E-state index contributed by atoms with van der Waals surface area (Å²) in [6.07, 6.45) is 0.637. The molecule has 0 saturated carbocycles. The first-order valence-electron chi connectivity index (χ1n) is 8.03. The number of rotatable bonds is 3. The van der Waals surface area contributed by atoms with Gasteiger partial charge >= 0.3 is 0 Å². The van der Waals surface area contributed by atoms with E-state index in [1.165, 1.54) is 17.0 Å². The number of hydrogen-bond acceptors (Lipinski definition) is 2. The quantitative estimate of drug-likeness (QED) is 0.849. The Hall–Kier alpha value is -2.40. The van der Waals surface area contributed by atoms with Gasteiger partial charge in [-0.1, -0.05) is 35.9 Å². The monoisotopic (exact) mass is 360 g/mol. The van der Waals surface area contributed by atoms with E-state index in [1.807, 2.05) is 6.07 Å². The minimum absolute atomic E-state index is 0.0679. The molecule has 1 heterocycles. The lowest BCUT2D eigenvalue weighted by molar-refractivity contribution is -0.143. The summed E-state index contributed by atoms with van der Waals surface area (Å²) >= 11 is 6.06.